The molecule has 1 atom stereocenters. The minimum absolute atomic E-state index is 0.129. The van der Waals surface area contributed by atoms with Crippen LogP contribution >= 0.6 is 0 Å². The van der Waals surface area contributed by atoms with Gasteiger partial charge in [-0.05, 0) is 59.2 Å². The standard InChI is InChI=1S/C38H32N4O5/c43-35-30-20-21-39-24-32(30)40-37(46)42(35)33-19-18-25(29-17-10-22-47-34(29)33)23-31(36(44)45)41-38(26-11-4-1-5-12-26,27-13-6-2-7-14-27)28-15-8-3-9-16-28/h1-9,11-16,18-21,24,31,41H,10,17,22-23H2,(H,40,46)(H,44,45)/t31-/m0/s1. The lowest BCUT2D eigenvalue weighted by atomic mass is 9.76. The number of hydrogen-bond acceptors (Lipinski definition) is 6. The van der Waals surface area contributed by atoms with E-state index < -0.39 is 28.8 Å². The number of aromatic amines is 1. The Morgan fingerprint density at radius 2 is 1.51 bits per heavy atom. The van der Waals surface area contributed by atoms with E-state index in [-0.39, 0.29) is 6.42 Å². The lowest BCUT2D eigenvalue weighted by molar-refractivity contribution is -0.139. The molecule has 0 spiro atoms. The molecule has 0 saturated heterocycles. The summed E-state index contributed by atoms with van der Waals surface area (Å²) in [7, 11) is 0. The van der Waals surface area contributed by atoms with Crippen LogP contribution in [-0.2, 0) is 23.2 Å². The van der Waals surface area contributed by atoms with E-state index in [9.17, 15) is 19.5 Å². The fraction of sp³-hybridized carbons (Fsp3) is 0.158. The molecule has 0 saturated carbocycles. The number of nitrogens with one attached hydrogen (secondary N) is 2. The van der Waals surface area contributed by atoms with Crippen LogP contribution < -0.4 is 21.3 Å². The Hall–Kier alpha value is -5.80. The van der Waals surface area contributed by atoms with Crippen molar-refractivity contribution in [3.8, 4) is 11.4 Å². The summed E-state index contributed by atoms with van der Waals surface area (Å²) in [6.45, 7) is 0.410. The Labute approximate surface area is 270 Å². The Morgan fingerprint density at radius 3 is 2.11 bits per heavy atom. The molecule has 9 nitrogen and oxygen atoms in total. The summed E-state index contributed by atoms with van der Waals surface area (Å²) in [4.78, 5) is 46.6. The molecule has 9 heteroatoms. The summed E-state index contributed by atoms with van der Waals surface area (Å²) in [6.07, 6.45) is 4.39. The highest BCUT2D eigenvalue weighted by molar-refractivity contribution is 5.77. The number of rotatable bonds is 9. The van der Waals surface area contributed by atoms with E-state index in [0.29, 0.717) is 41.8 Å². The molecule has 0 unspecified atom stereocenters. The molecular weight excluding hydrogens is 592 g/mol. The zero-order valence-corrected chi connectivity index (χ0v) is 25.4. The minimum atomic E-state index is -1.04. The third-order valence-corrected chi connectivity index (χ3v) is 8.83. The molecule has 7 rings (SSSR count). The molecular formula is C38H32N4O5. The average molecular weight is 625 g/mol. The fourth-order valence-electron chi connectivity index (χ4n) is 6.66. The highest BCUT2D eigenvalue weighted by atomic mass is 16.5. The first kappa shape index (κ1) is 29.9. The van der Waals surface area contributed by atoms with Gasteiger partial charge in [0, 0.05) is 6.20 Å². The number of aliphatic carboxylic acids is 1. The van der Waals surface area contributed by atoms with E-state index in [1.54, 1.807) is 18.2 Å². The van der Waals surface area contributed by atoms with Gasteiger partial charge in [-0.1, -0.05) is 97.1 Å². The maximum Gasteiger partial charge on any atom is 0.333 e. The van der Waals surface area contributed by atoms with Crippen LogP contribution in [0.5, 0.6) is 5.75 Å². The monoisotopic (exact) mass is 624 g/mol. The molecule has 4 aromatic carbocycles. The molecule has 47 heavy (non-hydrogen) atoms. The number of aromatic nitrogens is 3. The van der Waals surface area contributed by atoms with Gasteiger partial charge in [0.25, 0.3) is 5.56 Å². The fourth-order valence-corrected chi connectivity index (χ4v) is 6.66. The first-order chi connectivity index (χ1) is 23.0. The third kappa shape index (κ3) is 5.40. The van der Waals surface area contributed by atoms with Gasteiger partial charge in [0.1, 0.15) is 11.8 Å². The SMILES string of the molecule is O=C(O)[C@H](Cc1ccc(-n2c(=O)[nH]c3cnccc3c2=O)c2c1CCCO2)NC(c1ccccc1)(c1ccccc1)c1ccccc1. The number of ether oxygens (including phenoxy) is 1. The van der Waals surface area contributed by atoms with Gasteiger partial charge in [-0.25, -0.2) is 9.36 Å². The quantitative estimate of drug-likeness (QED) is 0.194. The zero-order valence-electron chi connectivity index (χ0n) is 25.4. The van der Waals surface area contributed by atoms with E-state index in [0.717, 1.165) is 32.4 Å². The van der Waals surface area contributed by atoms with Crippen molar-refractivity contribution in [2.24, 2.45) is 0 Å². The van der Waals surface area contributed by atoms with Gasteiger partial charge in [0.05, 0.1) is 34.9 Å². The number of H-pyrrole nitrogens is 1. The van der Waals surface area contributed by atoms with Crippen LogP contribution in [0.3, 0.4) is 0 Å². The maximum atomic E-state index is 13.5. The van der Waals surface area contributed by atoms with Crippen molar-refractivity contribution in [2.45, 2.75) is 30.8 Å². The van der Waals surface area contributed by atoms with Crippen molar-refractivity contribution in [2.75, 3.05) is 6.61 Å². The number of carbonyl (C=O) groups is 1. The molecule has 0 aliphatic carbocycles. The predicted molar refractivity (Wildman–Crippen MR) is 179 cm³/mol. The van der Waals surface area contributed by atoms with E-state index in [1.165, 1.54) is 12.4 Å². The smallest absolute Gasteiger partial charge is 0.333 e. The number of carboxylic acids is 1. The molecule has 1 aliphatic heterocycles. The van der Waals surface area contributed by atoms with Crippen LogP contribution in [-0.4, -0.2) is 38.3 Å². The predicted octanol–water partition coefficient (Wildman–Crippen LogP) is 4.98. The van der Waals surface area contributed by atoms with Crippen LogP contribution in [0.4, 0.5) is 0 Å². The van der Waals surface area contributed by atoms with Crippen molar-refractivity contribution < 1.29 is 14.6 Å². The number of fused-ring (bicyclic) bond motifs is 2. The second kappa shape index (κ2) is 12.5. The van der Waals surface area contributed by atoms with Gasteiger partial charge >= 0.3 is 11.7 Å². The molecule has 234 valence electrons. The average Bonchev–Trinajstić information content (AvgIpc) is 3.12. The zero-order chi connectivity index (χ0) is 32.4. The largest absolute Gasteiger partial charge is 0.491 e. The summed E-state index contributed by atoms with van der Waals surface area (Å²) in [5, 5.41) is 14.7. The molecule has 2 aromatic heterocycles. The number of pyridine rings is 1. The Bertz CT molecular complexity index is 2080. The Kier molecular flexibility index (Phi) is 7.97. The van der Waals surface area contributed by atoms with Crippen molar-refractivity contribution in [1.82, 2.24) is 19.9 Å². The number of benzene rings is 4. The Balaban J connectivity index is 1.35. The van der Waals surface area contributed by atoms with Gasteiger partial charge in [-0.2, -0.15) is 0 Å². The molecule has 0 amide bonds. The van der Waals surface area contributed by atoms with Crippen molar-refractivity contribution in [3.05, 3.63) is 170 Å². The van der Waals surface area contributed by atoms with Gasteiger partial charge in [0.2, 0.25) is 0 Å². The topological polar surface area (TPSA) is 126 Å². The van der Waals surface area contributed by atoms with Gasteiger partial charge in [-0.15, -0.1) is 0 Å². The summed E-state index contributed by atoms with van der Waals surface area (Å²) in [5.74, 6) is -0.595. The van der Waals surface area contributed by atoms with Crippen molar-refractivity contribution in [1.29, 1.82) is 0 Å². The van der Waals surface area contributed by atoms with Crippen LogP contribution in [0, 0.1) is 0 Å². The highest BCUT2D eigenvalue weighted by Gasteiger charge is 2.40. The lowest BCUT2D eigenvalue weighted by Gasteiger charge is -2.39. The van der Waals surface area contributed by atoms with E-state index in [1.807, 2.05) is 91.0 Å². The molecule has 0 radical (unpaired) electrons. The molecule has 3 N–H and O–H groups in total. The van der Waals surface area contributed by atoms with Crippen LogP contribution in [0.15, 0.2) is 131 Å². The Morgan fingerprint density at radius 1 is 0.894 bits per heavy atom. The number of hydrogen-bond donors (Lipinski definition) is 3. The number of carboxylic acid groups (broad SMARTS) is 1. The third-order valence-electron chi connectivity index (χ3n) is 8.83. The summed E-state index contributed by atoms with van der Waals surface area (Å²) < 4.78 is 7.21. The minimum Gasteiger partial charge on any atom is -0.491 e. The first-order valence-corrected chi connectivity index (χ1v) is 15.5. The molecule has 6 aromatic rings. The molecule has 1 aliphatic rings. The van der Waals surface area contributed by atoms with Crippen molar-refractivity contribution >= 4 is 16.9 Å². The summed E-state index contributed by atoms with van der Waals surface area (Å²) in [5.41, 5.74) is 2.82. The van der Waals surface area contributed by atoms with Gasteiger partial charge < -0.3 is 14.8 Å². The van der Waals surface area contributed by atoms with Crippen LogP contribution in [0.25, 0.3) is 16.6 Å². The van der Waals surface area contributed by atoms with Gasteiger partial charge in [-0.3, -0.25) is 19.9 Å². The highest BCUT2D eigenvalue weighted by Crippen LogP contribution is 2.39. The van der Waals surface area contributed by atoms with E-state index in [2.05, 4.69) is 15.3 Å². The van der Waals surface area contributed by atoms with Gasteiger partial charge in [0.15, 0.2) is 0 Å². The van der Waals surface area contributed by atoms with E-state index >= 15 is 0 Å². The second-order valence-electron chi connectivity index (χ2n) is 11.6. The molecule has 3 heterocycles. The normalized spacial score (nSPS) is 13.4. The maximum absolute atomic E-state index is 13.5. The molecule has 0 bridgehead atoms. The summed E-state index contributed by atoms with van der Waals surface area (Å²) in [6, 6.07) is 33.6. The molecule has 0 fully saturated rings. The lowest BCUT2D eigenvalue weighted by Crippen LogP contribution is -2.53. The number of nitrogens with zero attached hydrogens (tertiary/aromatic N) is 2. The van der Waals surface area contributed by atoms with Crippen molar-refractivity contribution in [3.63, 3.8) is 0 Å². The van der Waals surface area contributed by atoms with Crippen LogP contribution in [0.1, 0.15) is 34.2 Å². The summed E-state index contributed by atoms with van der Waals surface area (Å²) >= 11 is 0. The van der Waals surface area contributed by atoms with E-state index in [4.69, 9.17) is 4.74 Å². The second-order valence-corrected chi connectivity index (χ2v) is 11.6. The first-order valence-electron chi connectivity index (χ1n) is 15.5. The van der Waals surface area contributed by atoms with Crippen LogP contribution in [0.2, 0.25) is 0 Å².